The molecule has 0 bridgehead atoms. The molecule has 2 aromatic heterocycles. The number of nitrogens with zero attached hydrogens (tertiary/aromatic N) is 3. The van der Waals surface area contributed by atoms with E-state index in [-0.39, 0.29) is 4.90 Å². The van der Waals surface area contributed by atoms with E-state index in [1.807, 2.05) is 29.1 Å². The molecule has 1 N–H and O–H groups in total. The van der Waals surface area contributed by atoms with E-state index in [9.17, 15) is 13.2 Å². The van der Waals surface area contributed by atoms with Crippen LogP contribution in [-0.4, -0.2) is 53.4 Å². The predicted octanol–water partition coefficient (Wildman–Crippen LogP) is 4.00. The molecule has 1 aliphatic rings. The van der Waals surface area contributed by atoms with Crippen LogP contribution in [0.4, 0.5) is 4.79 Å². The van der Waals surface area contributed by atoms with Crippen molar-refractivity contribution in [3.8, 4) is 0 Å². The summed E-state index contributed by atoms with van der Waals surface area (Å²) in [5, 5.41) is 10.2. The van der Waals surface area contributed by atoms with Crippen molar-refractivity contribution in [2.75, 3.05) is 19.3 Å². The summed E-state index contributed by atoms with van der Waals surface area (Å²) in [5.41, 5.74) is 2.76. The number of hydrogen-bond donors (Lipinski definition) is 1. The minimum atomic E-state index is -3.33. The Morgan fingerprint density at radius 1 is 1.23 bits per heavy atom. The lowest BCUT2D eigenvalue weighted by Crippen LogP contribution is -2.36. The Morgan fingerprint density at radius 2 is 1.97 bits per heavy atom. The lowest BCUT2D eigenvalue weighted by Gasteiger charge is -2.30. The number of rotatable bonds is 4. The Kier molecular flexibility index (Phi) is 5.46. The fourth-order valence-electron chi connectivity index (χ4n) is 3.96. The SMILES string of the molecule is CS(=O)(=O)c1cc(Cl)c2c(ccn2Cc2ccc(C3CCN(C(=O)O)CC3)cn2)c1. The molecule has 1 fully saturated rings. The molecule has 0 aliphatic carbocycles. The smallest absolute Gasteiger partial charge is 0.407 e. The summed E-state index contributed by atoms with van der Waals surface area (Å²) in [4.78, 5) is 17.3. The molecule has 0 atom stereocenters. The molecule has 3 heterocycles. The first-order chi connectivity index (χ1) is 14.2. The van der Waals surface area contributed by atoms with Gasteiger partial charge in [-0.3, -0.25) is 4.98 Å². The van der Waals surface area contributed by atoms with Crippen molar-refractivity contribution in [2.24, 2.45) is 0 Å². The molecule has 0 saturated carbocycles. The van der Waals surface area contributed by atoms with Crippen molar-refractivity contribution in [1.82, 2.24) is 14.5 Å². The van der Waals surface area contributed by atoms with Crippen LogP contribution in [0, 0.1) is 0 Å². The van der Waals surface area contributed by atoms with Crippen molar-refractivity contribution in [2.45, 2.75) is 30.2 Å². The van der Waals surface area contributed by atoms with Gasteiger partial charge in [0.25, 0.3) is 0 Å². The van der Waals surface area contributed by atoms with E-state index in [2.05, 4.69) is 11.1 Å². The highest BCUT2D eigenvalue weighted by Gasteiger charge is 2.23. The fourth-order valence-corrected chi connectivity index (χ4v) is 5.04. The Morgan fingerprint density at radius 3 is 2.57 bits per heavy atom. The van der Waals surface area contributed by atoms with Gasteiger partial charge in [-0.25, -0.2) is 13.2 Å². The third kappa shape index (κ3) is 4.15. The van der Waals surface area contributed by atoms with Crippen molar-refractivity contribution >= 4 is 38.4 Å². The van der Waals surface area contributed by atoms with Gasteiger partial charge in [-0.15, -0.1) is 0 Å². The van der Waals surface area contributed by atoms with E-state index in [1.165, 1.54) is 17.2 Å². The van der Waals surface area contributed by atoms with E-state index in [0.717, 1.165) is 35.0 Å². The van der Waals surface area contributed by atoms with Crippen LogP contribution in [0.2, 0.25) is 5.02 Å². The average Bonchev–Trinajstić information content (AvgIpc) is 3.11. The van der Waals surface area contributed by atoms with Gasteiger partial charge in [0.15, 0.2) is 9.84 Å². The highest BCUT2D eigenvalue weighted by Crippen LogP contribution is 2.30. The first kappa shape index (κ1) is 20.7. The second kappa shape index (κ2) is 7.92. The van der Waals surface area contributed by atoms with Crippen LogP contribution in [-0.2, 0) is 16.4 Å². The maximum atomic E-state index is 11.8. The second-order valence-corrected chi connectivity index (χ2v) is 10.1. The van der Waals surface area contributed by atoms with Crippen molar-refractivity contribution in [3.05, 3.63) is 59.0 Å². The average molecular weight is 448 g/mol. The summed E-state index contributed by atoms with van der Waals surface area (Å²) >= 11 is 6.39. The minimum Gasteiger partial charge on any atom is -0.465 e. The maximum absolute atomic E-state index is 11.8. The van der Waals surface area contributed by atoms with Gasteiger partial charge in [0, 0.05) is 37.1 Å². The molecule has 158 valence electrons. The van der Waals surface area contributed by atoms with Crippen molar-refractivity contribution < 1.29 is 18.3 Å². The molecule has 3 aromatic rings. The molecule has 1 saturated heterocycles. The molecule has 30 heavy (non-hydrogen) atoms. The van der Waals surface area contributed by atoms with Gasteiger partial charge in [0.05, 0.1) is 27.7 Å². The van der Waals surface area contributed by atoms with Gasteiger partial charge < -0.3 is 14.6 Å². The highest BCUT2D eigenvalue weighted by molar-refractivity contribution is 7.90. The number of pyridine rings is 1. The van der Waals surface area contributed by atoms with Gasteiger partial charge in [-0.05, 0) is 48.6 Å². The summed E-state index contributed by atoms with van der Waals surface area (Å²) in [6, 6.07) is 8.99. The molecule has 1 aliphatic heterocycles. The molecule has 0 radical (unpaired) electrons. The number of halogens is 1. The number of carbonyl (C=O) groups is 1. The molecular weight excluding hydrogens is 426 g/mol. The zero-order valence-electron chi connectivity index (χ0n) is 16.5. The van der Waals surface area contributed by atoms with Gasteiger partial charge in [0.2, 0.25) is 0 Å². The molecular formula is C21H22ClN3O4S. The molecule has 0 unspecified atom stereocenters. The number of benzene rings is 1. The first-order valence-corrected chi connectivity index (χ1v) is 11.9. The normalized spacial score (nSPS) is 15.6. The molecule has 7 nitrogen and oxygen atoms in total. The van der Waals surface area contributed by atoms with E-state index in [0.29, 0.717) is 30.6 Å². The summed E-state index contributed by atoms with van der Waals surface area (Å²) in [5.74, 6) is 0.318. The van der Waals surface area contributed by atoms with Crippen LogP contribution in [0.5, 0.6) is 0 Å². The largest absolute Gasteiger partial charge is 0.465 e. The number of hydrogen-bond acceptors (Lipinski definition) is 4. The minimum absolute atomic E-state index is 0.203. The number of sulfone groups is 1. The van der Waals surface area contributed by atoms with Gasteiger partial charge in [-0.1, -0.05) is 17.7 Å². The lowest BCUT2D eigenvalue weighted by atomic mass is 9.90. The Bertz CT molecular complexity index is 1200. The number of aromatic nitrogens is 2. The van der Waals surface area contributed by atoms with Gasteiger partial charge in [-0.2, -0.15) is 0 Å². The molecule has 1 amide bonds. The summed E-state index contributed by atoms with van der Waals surface area (Å²) in [7, 11) is -3.33. The van der Waals surface area contributed by atoms with E-state index >= 15 is 0 Å². The van der Waals surface area contributed by atoms with Crippen LogP contribution in [0.25, 0.3) is 10.9 Å². The number of amides is 1. The number of fused-ring (bicyclic) bond motifs is 1. The number of piperidine rings is 1. The number of carboxylic acid groups (broad SMARTS) is 1. The lowest BCUT2D eigenvalue weighted by molar-refractivity contribution is 0.132. The zero-order valence-corrected chi connectivity index (χ0v) is 18.0. The van der Waals surface area contributed by atoms with Crippen LogP contribution in [0.3, 0.4) is 0 Å². The molecule has 4 rings (SSSR count). The van der Waals surface area contributed by atoms with Crippen LogP contribution in [0.15, 0.2) is 47.6 Å². The Labute approximate surface area is 179 Å². The predicted molar refractivity (Wildman–Crippen MR) is 115 cm³/mol. The summed E-state index contributed by atoms with van der Waals surface area (Å²) in [6.07, 6.45) is 5.65. The topological polar surface area (TPSA) is 92.5 Å². The van der Waals surface area contributed by atoms with Crippen LogP contribution < -0.4 is 0 Å². The molecule has 9 heteroatoms. The van der Waals surface area contributed by atoms with Crippen LogP contribution >= 0.6 is 11.6 Å². The third-order valence-electron chi connectivity index (χ3n) is 5.63. The Balaban J connectivity index is 1.51. The summed E-state index contributed by atoms with van der Waals surface area (Å²) < 4.78 is 25.6. The van der Waals surface area contributed by atoms with Crippen molar-refractivity contribution in [1.29, 1.82) is 0 Å². The highest BCUT2D eigenvalue weighted by atomic mass is 35.5. The third-order valence-corrected chi connectivity index (χ3v) is 7.01. The quantitative estimate of drug-likeness (QED) is 0.652. The summed E-state index contributed by atoms with van der Waals surface area (Å²) in [6.45, 7) is 1.61. The van der Waals surface area contributed by atoms with Gasteiger partial charge >= 0.3 is 6.09 Å². The molecule has 1 aromatic carbocycles. The first-order valence-electron chi connectivity index (χ1n) is 9.63. The fraction of sp³-hybridized carbons (Fsp3) is 0.333. The zero-order chi connectivity index (χ0) is 21.5. The van der Waals surface area contributed by atoms with E-state index in [1.54, 1.807) is 6.07 Å². The standard InChI is InChI=1S/C21H22ClN3O4S/c1-30(28,29)18-10-15-6-9-25(20(15)19(22)11-18)13-17-3-2-16(12-23-17)14-4-7-24(8-5-14)21(26)27/h2-3,6,9-12,14H,4-5,7-8,13H2,1H3,(H,26,27). The second-order valence-electron chi connectivity index (χ2n) is 7.69. The van der Waals surface area contributed by atoms with E-state index in [4.69, 9.17) is 16.7 Å². The van der Waals surface area contributed by atoms with E-state index < -0.39 is 15.9 Å². The van der Waals surface area contributed by atoms with Gasteiger partial charge in [0.1, 0.15) is 0 Å². The monoisotopic (exact) mass is 447 g/mol. The number of likely N-dealkylation sites (tertiary alicyclic amines) is 1. The van der Waals surface area contributed by atoms with Crippen molar-refractivity contribution in [3.63, 3.8) is 0 Å². The molecule has 0 spiro atoms. The maximum Gasteiger partial charge on any atom is 0.407 e. The van der Waals surface area contributed by atoms with Crippen LogP contribution in [0.1, 0.15) is 30.0 Å². The Hall–Kier alpha value is -2.58.